The molecule has 0 atom stereocenters. The zero-order chi connectivity index (χ0) is 15.1. The van der Waals surface area contributed by atoms with Gasteiger partial charge in [0.2, 0.25) is 0 Å². The van der Waals surface area contributed by atoms with Crippen molar-refractivity contribution in [2.75, 3.05) is 24.7 Å². The Morgan fingerprint density at radius 2 is 1.76 bits per heavy atom. The maximum atomic E-state index is 6.06. The van der Waals surface area contributed by atoms with Crippen LogP contribution in [0.3, 0.4) is 0 Å². The molecule has 0 aliphatic heterocycles. The summed E-state index contributed by atoms with van der Waals surface area (Å²) in [7, 11) is 3.86. The van der Waals surface area contributed by atoms with E-state index in [1.165, 1.54) is 0 Å². The Labute approximate surface area is 131 Å². The number of imidazole rings is 1. The van der Waals surface area contributed by atoms with Gasteiger partial charge in [-0.25, -0.2) is 9.97 Å². The van der Waals surface area contributed by atoms with Crippen LogP contribution in [-0.2, 0) is 0 Å². The molecule has 2 aromatic heterocycles. The summed E-state index contributed by atoms with van der Waals surface area (Å²) < 4.78 is 0. The Morgan fingerprint density at radius 3 is 2.38 bits per heavy atom. The number of nitrogens with zero attached hydrogens (tertiary/aromatic N) is 3. The van der Waals surface area contributed by atoms with Crippen molar-refractivity contribution in [1.29, 1.82) is 0 Å². The fourth-order valence-corrected chi connectivity index (χ4v) is 2.48. The first-order valence-corrected chi connectivity index (χ1v) is 7.00. The molecule has 0 aliphatic rings. The second kappa shape index (κ2) is 5.09. The van der Waals surface area contributed by atoms with E-state index in [0.29, 0.717) is 27.2 Å². The lowest BCUT2D eigenvalue weighted by Crippen LogP contribution is -2.10. The summed E-state index contributed by atoms with van der Waals surface area (Å²) in [6.45, 7) is 0. The molecule has 21 heavy (non-hydrogen) atoms. The highest BCUT2D eigenvalue weighted by Crippen LogP contribution is 2.33. The van der Waals surface area contributed by atoms with Crippen molar-refractivity contribution in [3.8, 4) is 11.4 Å². The second-order valence-electron chi connectivity index (χ2n) is 4.87. The molecule has 0 spiro atoms. The van der Waals surface area contributed by atoms with Gasteiger partial charge in [0.05, 0.1) is 21.2 Å². The third kappa shape index (κ3) is 2.50. The molecule has 0 fully saturated rings. The molecule has 3 N–H and O–H groups in total. The van der Waals surface area contributed by atoms with Crippen LogP contribution < -0.4 is 10.6 Å². The highest BCUT2D eigenvalue weighted by Gasteiger charge is 2.11. The maximum absolute atomic E-state index is 6.06. The van der Waals surface area contributed by atoms with Crippen LogP contribution in [0.4, 0.5) is 11.5 Å². The number of hydrogen-bond donors (Lipinski definition) is 2. The number of rotatable bonds is 2. The fraction of sp³-hybridized carbons (Fsp3) is 0.143. The van der Waals surface area contributed by atoms with Crippen LogP contribution in [0, 0.1) is 0 Å². The van der Waals surface area contributed by atoms with Gasteiger partial charge in [-0.2, -0.15) is 0 Å². The Balaban J connectivity index is 2.13. The summed E-state index contributed by atoms with van der Waals surface area (Å²) in [5.74, 6) is 1.49. The number of H-pyrrole nitrogens is 1. The molecule has 0 saturated heterocycles. The Hall–Kier alpha value is -1.98. The minimum atomic E-state index is 0.367. The van der Waals surface area contributed by atoms with Crippen molar-refractivity contribution in [3.63, 3.8) is 0 Å². The summed E-state index contributed by atoms with van der Waals surface area (Å²) in [6.07, 6.45) is 0. The molecule has 0 aliphatic carbocycles. The highest BCUT2D eigenvalue weighted by molar-refractivity contribution is 6.39. The molecule has 0 saturated carbocycles. The van der Waals surface area contributed by atoms with E-state index < -0.39 is 0 Å². The Kier molecular flexibility index (Phi) is 3.39. The second-order valence-corrected chi connectivity index (χ2v) is 5.69. The van der Waals surface area contributed by atoms with Gasteiger partial charge in [0.25, 0.3) is 0 Å². The largest absolute Gasteiger partial charge is 0.396 e. The van der Waals surface area contributed by atoms with Crippen LogP contribution in [0.1, 0.15) is 0 Å². The van der Waals surface area contributed by atoms with Crippen molar-refractivity contribution < 1.29 is 0 Å². The van der Waals surface area contributed by atoms with E-state index in [0.717, 1.165) is 16.9 Å². The molecule has 2 heterocycles. The standard InChI is InChI=1S/C14H13Cl2N5/c1-21(2)11-4-3-10-14(19-11)20-13(18-10)7-5-8(15)12(17)9(16)6-7/h3-6H,17H2,1-2H3,(H,18,19,20). The third-order valence-corrected chi connectivity index (χ3v) is 3.77. The van der Waals surface area contributed by atoms with E-state index in [1.807, 2.05) is 31.1 Å². The first kappa shape index (κ1) is 14.0. The maximum Gasteiger partial charge on any atom is 0.180 e. The minimum Gasteiger partial charge on any atom is -0.396 e. The molecule has 0 radical (unpaired) electrons. The van der Waals surface area contributed by atoms with Crippen molar-refractivity contribution in [2.45, 2.75) is 0 Å². The van der Waals surface area contributed by atoms with Gasteiger partial charge in [0.1, 0.15) is 11.6 Å². The van der Waals surface area contributed by atoms with E-state index >= 15 is 0 Å². The lowest BCUT2D eigenvalue weighted by atomic mass is 10.2. The van der Waals surface area contributed by atoms with Crippen molar-refractivity contribution in [2.24, 2.45) is 0 Å². The van der Waals surface area contributed by atoms with Crippen LogP contribution in [0.2, 0.25) is 10.0 Å². The number of nitrogens with one attached hydrogen (secondary N) is 1. The lowest BCUT2D eigenvalue weighted by Gasteiger charge is -2.09. The molecule has 7 heteroatoms. The molecule has 108 valence electrons. The number of hydrogen-bond acceptors (Lipinski definition) is 4. The Morgan fingerprint density at radius 1 is 1.10 bits per heavy atom. The number of benzene rings is 1. The van der Waals surface area contributed by atoms with Crippen LogP contribution in [0.5, 0.6) is 0 Å². The van der Waals surface area contributed by atoms with Crippen molar-refractivity contribution in [1.82, 2.24) is 15.0 Å². The van der Waals surface area contributed by atoms with Gasteiger partial charge in [-0.15, -0.1) is 0 Å². The van der Waals surface area contributed by atoms with Crippen molar-refractivity contribution in [3.05, 3.63) is 34.3 Å². The quantitative estimate of drug-likeness (QED) is 0.708. The first-order chi connectivity index (χ1) is 9.95. The third-order valence-electron chi connectivity index (χ3n) is 3.14. The van der Waals surface area contributed by atoms with Gasteiger partial charge in [0, 0.05) is 19.7 Å². The predicted molar refractivity (Wildman–Crippen MR) is 88.1 cm³/mol. The number of pyridine rings is 1. The van der Waals surface area contributed by atoms with Gasteiger partial charge in [0.15, 0.2) is 5.65 Å². The number of aromatic nitrogens is 3. The fourth-order valence-electron chi connectivity index (χ4n) is 1.99. The zero-order valence-electron chi connectivity index (χ0n) is 11.5. The molecule has 5 nitrogen and oxygen atoms in total. The monoisotopic (exact) mass is 321 g/mol. The molecule has 3 aromatic rings. The van der Waals surface area contributed by atoms with Crippen LogP contribution in [0.15, 0.2) is 24.3 Å². The number of nitrogens with two attached hydrogens (primary N) is 1. The summed E-state index contributed by atoms with van der Waals surface area (Å²) in [5.41, 5.74) is 8.36. The van der Waals surface area contributed by atoms with Gasteiger partial charge >= 0.3 is 0 Å². The Bertz CT molecular complexity index is 802. The molecular weight excluding hydrogens is 309 g/mol. The molecule has 0 unspecified atom stereocenters. The van der Waals surface area contributed by atoms with Gasteiger partial charge in [-0.05, 0) is 24.3 Å². The summed E-state index contributed by atoms with van der Waals surface area (Å²) in [4.78, 5) is 14.1. The van der Waals surface area contributed by atoms with Crippen LogP contribution in [0.25, 0.3) is 22.6 Å². The zero-order valence-corrected chi connectivity index (χ0v) is 13.0. The van der Waals surface area contributed by atoms with E-state index in [-0.39, 0.29) is 0 Å². The predicted octanol–water partition coefficient (Wildman–Crippen LogP) is 3.58. The molecule has 3 rings (SSSR count). The van der Waals surface area contributed by atoms with Gasteiger partial charge < -0.3 is 15.6 Å². The van der Waals surface area contributed by atoms with Gasteiger partial charge in [-0.1, -0.05) is 23.2 Å². The molecule has 0 amide bonds. The number of nitrogen functional groups attached to an aromatic ring is 1. The average Bonchev–Trinajstić information content (AvgIpc) is 2.86. The SMILES string of the molecule is CN(C)c1ccc2[nH]c(-c3cc(Cl)c(N)c(Cl)c3)nc2n1. The summed E-state index contributed by atoms with van der Waals surface area (Å²) in [5, 5.41) is 0.805. The molecule has 1 aromatic carbocycles. The minimum absolute atomic E-state index is 0.367. The van der Waals surface area contributed by atoms with Crippen LogP contribution in [-0.4, -0.2) is 29.0 Å². The molecule has 0 bridgehead atoms. The number of halogens is 2. The summed E-state index contributed by atoms with van der Waals surface area (Å²) in [6, 6.07) is 7.32. The highest BCUT2D eigenvalue weighted by atomic mass is 35.5. The summed E-state index contributed by atoms with van der Waals surface area (Å²) >= 11 is 12.1. The van der Waals surface area contributed by atoms with E-state index in [1.54, 1.807) is 12.1 Å². The van der Waals surface area contributed by atoms with Crippen LogP contribution >= 0.6 is 23.2 Å². The van der Waals surface area contributed by atoms with Crippen molar-refractivity contribution >= 4 is 45.9 Å². The first-order valence-electron chi connectivity index (χ1n) is 6.24. The topological polar surface area (TPSA) is 70.8 Å². The van der Waals surface area contributed by atoms with E-state index in [2.05, 4.69) is 15.0 Å². The van der Waals surface area contributed by atoms with E-state index in [9.17, 15) is 0 Å². The molecular formula is C14H13Cl2N5. The number of fused-ring (bicyclic) bond motifs is 1. The van der Waals surface area contributed by atoms with E-state index in [4.69, 9.17) is 28.9 Å². The smallest absolute Gasteiger partial charge is 0.180 e. The lowest BCUT2D eigenvalue weighted by molar-refractivity contribution is 1.08. The number of aromatic amines is 1. The normalized spacial score (nSPS) is 11.0. The van der Waals surface area contributed by atoms with Gasteiger partial charge in [-0.3, -0.25) is 0 Å². The average molecular weight is 322 g/mol. The number of anilines is 2.